The van der Waals surface area contributed by atoms with Crippen LogP contribution >= 0.6 is 46.4 Å². The molecule has 0 saturated heterocycles. The van der Waals surface area contributed by atoms with Gasteiger partial charge in [-0.2, -0.15) is 0 Å². The topological polar surface area (TPSA) is 58.2 Å². The minimum absolute atomic E-state index is 0.254. The summed E-state index contributed by atoms with van der Waals surface area (Å²) in [5.74, 6) is -0.508. The number of benzene rings is 3. The number of hydrogen-bond donors (Lipinski definition) is 2. The van der Waals surface area contributed by atoms with Crippen LogP contribution in [0, 0.1) is 0 Å². The monoisotopic (exact) mass is 532 g/mol. The number of nitrogens with one attached hydrogen (secondary N) is 2. The molecule has 2 amide bonds. The number of hydrogen-bond acceptors (Lipinski definition) is 2. The highest BCUT2D eigenvalue weighted by atomic mass is 35.5. The second-order valence-corrected chi connectivity index (χ2v) is 8.94. The van der Waals surface area contributed by atoms with E-state index in [4.69, 9.17) is 46.4 Å². The third-order valence-electron chi connectivity index (χ3n) is 4.68. The molecule has 4 nitrogen and oxygen atoms in total. The Labute approximate surface area is 218 Å². The van der Waals surface area contributed by atoms with Crippen molar-refractivity contribution >= 4 is 70.4 Å². The van der Waals surface area contributed by atoms with Crippen molar-refractivity contribution in [2.45, 2.75) is 13.1 Å². The van der Waals surface area contributed by atoms with Crippen LogP contribution in [0.15, 0.2) is 72.8 Å². The summed E-state index contributed by atoms with van der Waals surface area (Å²) < 4.78 is 0. The van der Waals surface area contributed by atoms with E-state index in [1.54, 1.807) is 48.6 Å². The first-order chi connectivity index (χ1) is 16.3. The maximum atomic E-state index is 12.2. The standard InChI is InChI=1S/C26H20Cl4N2O2/c27-21-8-4-19(23(29)13-21)6-10-25(33)31-15-17-2-1-3-18(12-17)16-32-26(34)11-7-20-5-9-22(28)14-24(20)30/h1-14H,15-16H2,(H,31,33)(H,32,34)/b10-6+,11-7+. The maximum Gasteiger partial charge on any atom is 0.244 e. The predicted octanol–water partition coefficient (Wildman–Crippen LogP) is 6.96. The van der Waals surface area contributed by atoms with E-state index in [1.165, 1.54) is 12.2 Å². The van der Waals surface area contributed by atoms with E-state index < -0.39 is 0 Å². The van der Waals surface area contributed by atoms with E-state index >= 15 is 0 Å². The minimum Gasteiger partial charge on any atom is -0.348 e. The molecule has 8 heteroatoms. The van der Waals surface area contributed by atoms with Crippen LogP contribution in [0.3, 0.4) is 0 Å². The Balaban J connectivity index is 1.49. The van der Waals surface area contributed by atoms with Gasteiger partial charge in [0.1, 0.15) is 0 Å². The van der Waals surface area contributed by atoms with Gasteiger partial charge in [-0.1, -0.05) is 82.8 Å². The van der Waals surface area contributed by atoms with Gasteiger partial charge in [0, 0.05) is 45.3 Å². The first-order valence-electron chi connectivity index (χ1n) is 10.2. The van der Waals surface area contributed by atoms with Crippen molar-refractivity contribution in [3.05, 3.63) is 115 Å². The molecule has 0 aliphatic heterocycles. The van der Waals surface area contributed by atoms with Gasteiger partial charge in [-0.3, -0.25) is 9.59 Å². The third-order valence-corrected chi connectivity index (χ3v) is 5.80. The minimum atomic E-state index is -0.254. The molecular formula is C26H20Cl4N2O2. The average molecular weight is 534 g/mol. The second kappa shape index (κ2) is 12.6. The van der Waals surface area contributed by atoms with Crippen LogP contribution < -0.4 is 10.6 Å². The molecule has 0 unspecified atom stereocenters. The van der Waals surface area contributed by atoms with Crippen LogP contribution in [0.1, 0.15) is 22.3 Å². The van der Waals surface area contributed by atoms with Crippen molar-refractivity contribution in [2.24, 2.45) is 0 Å². The van der Waals surface area contributed by atoms with E-state index in [0.29, 0.717) is 44.3 Å². The highest BCUT2D eigenvalue weighted by Gasteiger charge is 2.03. The number of amides is 2. The largest absolute Gasteiger partial charge is 0.348 e. The molecule has 3 aromatic rings. The van der Waals surface area contributed by atoms with Gasteiger partial charge >= 0.3 is 0 Å². The molecule has 0 atom stereocenters. The number of halogens is 4. The van der Waals surface area contributed by atoms with Gasteiger partial charge in [0.15, 0.2) is 0 Å². The van der Waals surface area contributed by atoms with Gasteiger partial charge in [-0.05, 0) is 58.7 Å². The molecule has 0 spiro atoms. The zero-order valence-corrected chi connectivity index (χ0v) is 20.8. The second-order valence-electron chi connectivity index (χ2n) is 7.25. The Morgan fingerprint density at radius 2 is 1.09 bits per heavy atom. The fourth-order valence-electron chi connectivity index (χ4n) is 2.95. The Morgan fingerprint density at radius 3 is 1.50 bits per heavy atom. The predicted molar refractivity (Wildman–Crippen MR) is 141 cm³/mol. The van der Waals surface area contributed by atoms with Crippen molar-refractivity contribution in [3.63, 3.8) is 0 Å². The molecule has 0 heterocycles. The molecule has 2 N–H and O–H groups in total. The van der Waals surface area contributed by atoms with E-state index in [2.05, 4.69) is 10.6 Å². The lowest BCUT2D eigenvalue weighted by atomic mass is 10.1. The molecule has 174 valence electrons. The van der Waals surface area contributed by atoms with Crippen LogP contribution in [-0.4, -0.2) is 11.8 Å². The van der Waals surface area contributed by atoms with Gasteiger partial charge < -0.3 is 10.6 Å². The Morgan fingerprint density at radius 1 is 0.647 bits per heavy atom. The summed E-state index contributed by atoms with van der Waals surface area (Å²) in [7, 11) is 0. The first-order valence-corrected chi connectivity index (χ1v) is 11.7. The van der Waals surface area contributed by atoms with Crippen LogP contribution in [0.4, 0.5) is 0 Å². The Kier molecular flexibility index (Phi) is 9.61. The fourth-order valence-corrected chi connectivity index (χ4v) is 3.89. The quantitative estimate of drug-likeness (QED) is 0.307. The SMILES string of the molecule is O=C(/C=C/c1ccc(Cl)cc1Cl)NCc1cccc(CNC(=O)/C=C/c2ccc(Cl)cc2Cl)c1. The van der Waals surface area contributed by atoms with Gasteiger partial charge in [-0.15, -0.1) is 0 Å². The Hall–Kier alpha value is -2.76. The third kappa shape index (κ3) is 8.23. The van der Waals surface area contributed by atoms with Crippen molar-refractivity contribution in [1.82, 2.24) is 10.6 Å². The summed E-state index contributed by atoms with van der Waals surface area (Å²) in [4.78, 5) is 24.3. The van der Waals surface area contributed by atoms with Crippen LogP contribution in [-0.2, 0) is 22.7 Å². The smallest absolute Gasteiger partial charge is 0.244 e. The number of rotatable bonds is 8. The molecular weight excluding hydrogens is 514 g/mol. The van der Waals surface area contributed by atoms with Gasteiger partial charge in [0.25, 0.3) is 0 Å². The van der Waals surface area contributed by atoms with E-state index in [0.717, 1.165) is 11.1 Å². The maximum absolute atomic E-state index is 12.2. The molecule has 0 radical (unpaired) electrons. The molecule has 0 bridgehead atoms. The number of carbonyl (C=O) groups excluding carboxylic acids is 2. The van der Waals surface area contributed by atoms with Gasteiger partial charge in [0.2, 0.25) is 11.8 Å². The molecule has 3 rings (SSSR count). The lowest BCUT2D eigenvalue weighted by molar-refractivity contribution is -0.117. The molecule has 0 aliphatic rings. The summed E-state index contributed by atoms with van der Waals surface area (Å²) in [6, 6.07) is 17.7. The zero-order chi connectivity index (χ0) is 24.5. The summed E-state index contributed by atoms with van der Waals surface area (Å²) in [6.07, 6.45) is 6.09. The molecule has 0 saturated carbocycles. The lowest BCUT2D eigenvalue weighted by Gasteiger charge is -2.07. The van der Waals surface area contributed by atoms with Crippen molar-refractivity contribution in [3.8, 4) is 0 Å². The highest BCUT2D eigenvalue weighted by Crippen LogP contribution is 2.22. The molecule has 0 aromatic heterocycles. The van der Waals surface area contributed by atoms with Crippen molar-refractivity contribution in [2.75, 3.05) is 0 Å². The average Bonchev–Trinajstić information content (AvgIpc) is 2.80. The van der Waals surface area contributed by atoms with E-state index in [-0.39, 0.29) is 11.8 Å². The van der Waals surface area contributed by atoms with Crippen molar-refractivity contribution < 1.29 is 9.59 Å². The van der Waals surface area contributed by atoms with Crippen LogP contribution in [0.2, 0.25) is 20.1 Å². The van der Waals surface area contributed by atoms with Gasteiger partial charge in [-0.25, -0.2) is 0 Å². The summed E-state index contributed by atoms with van der Waals surface area (Å²) in [5, 5.41) is 7.65. The van der Waals surface area contributed by atoms with Crippen molar-refractivity contribution in [1.29, 1.82) is 0 Å². The molecule has 34 heavy (non-hydrogen) atoms. The van der Waals surface area contributed by atoms with Gasteiger partial charge in [0.05, 0.1) is 0 Å². The van der Waals surface area contributed by atoms with E-state index in [1.807, 2.05) is 24.3 Å². The number of carbonyl (C=O) groups is 2. The first kappa shape index (κ1) is 25.9. The Bertz CT molecular complexity index is 1160. The summed E-state index contributed by atoms with van der Waals surface area (Å²) >= 11 is 24.0. The molecule has 3 aromatic carbocycles. The molecule has 0 aliphatic carbocycles. The summed E-state index contributed by atoms with van der Waals surface area (Å²) in [6.45, 7) is 0.683. The molecule has 0 fully saturated rings. The van der Waals surface area contributed by atoms with Crippen LogP contribution in [0.25, 0.3) is 12.2 Å². The fraction of sp³-hybridized carbons (Fsp3) is 0.0769. The zero-order valence-electron chi connectivity index (χ0n) is 17.8. The summed E-state index contributed by atoms with van der Waals surface area (Å²) in [5.41, 5.74) is 3.21. The lowest BCUT2D eigenvalue weighted by Crippen LogP contribution is -2.21. The van der Waals surface area contributed by atoms with Crippen LogP contribution in [0.5, 0.6) is 0 Å². The highest BCUT2D eigenvalue weighted by molar-refractivity contribution is 6.36. The normalized spacial score (nSPS) is 11.2. The van der Waals surface area contributed by atoms with E-state index in [9.17, 15) is 9.59 Å².